The van der Waals surface area contributed by atoms with Crippen molar-refractivity contribution in [1.82, 2.24) is 5.32 Å². The van der Waals surface area contributed by atoms with Crippen molar-refractivity contribution in [3.8, 4) is 5.75 Å². The maximum atomic E-state index is 12.8. The van der Waals surface area contributed by atoms with Gasteiger partial charge in [0.2, 0.25) is 0 Å². The topological polar surface area (TPSA) is 41.6 Å². The van der Waals surface area contributed by atoms with Crippen molar-refractivity contribution in [3.05, 3.63) is 56.5 Å². The zero-order chi connectivity index (χ0) is 17.1. The molecule has 1 fully saturated rings. The predicted octanol–water partition coefficient (Wildman–Crippen LogP) is 5.53. The molecule has 2 bridgehead atoms. The first-order valence-electron chi connectivity index (χ1n) is 7.42. The Labute approximate surface area is 157 Å². The van der Waals surface area contributed by atoms with Gasteiger partial charge >= 0.3 is 6.03 Å². The molecule has 0 spiro atoms. The van der Waals surface area contributed by atoms with Crippen LogP contribution in [0.4, 0.5) is 10.5 Å². The van der Waals surface area contributed by atoms with Gasteiger partial charge in [-0.1, -0.05) is 39.1 Å². The first kappa shape index (κ1) is 16.1. The number of rotatable bonds is 1. The fourth-order valence-corrected chi connectivity index (χ4v) is 4.24. The summed E-state index contributed by atoms with van der Waals surface area (Å²) in [6.45, 7) is 1.90. The summed E-state index contributed by atoms with van der Waals surface area (Å²) in [4.78, 5) is 14.3. The Kier molecular flexibility index (Phi) is 3.71. The number of anilines is 1. The van der Waals surface area contributed by atoms with Crippen LogP contribution in [-0.4, -0.2) is 11.8 Å². The van der Waals surface area contributed by atoms with Crippen LogP contribution < -0.4 is 15.0 Å². The average molecular weight is 428 g/mol. The van der Waals surface area contributed by atoms with Crippen LogP contribution in [0.3, 0.4) is 0 Å². The summed E-state index contributed by atoms with van der Waals surface area (Å²) >= 11 is 15.8. The molecule has 2 atom stereocenters. The molecule has 1 saturated heterocycles. The van der Waals surface area contributed by atoms with E-state index >= 15 is 0 Å². The van der Waals surface area contributed by atoms with Crippen molar-refractivity contribution in [2.24, 2.45) is 0 Å². The van der Waals surface area contributed by atoms with E-state index in [1.807, 2.05) is 25.1 Å². The molecule has 0 aliphatic carbocycles. The largest absolute Gasteiger partial charge is 0.467 e. The fraction of sp³-hybridized carbons (Fsp3) is 0.235. The molecule has 2 amide bonds. The molecule has 7 heteroatoms. The molecule has 2 aromatic rings. The lowest BCUT2D eigenvalue weighted by molar-refractivity contribution is 0.0378. The van der Waals surface area contributed by atoms with Gasteiger partial charge in [-0.3, -0.25) is 4.90 Å². The van der Waals surface area contributed by atoms with Gasteiger partial charge in [0.15, 0.2) is 5.72 Å². The number of carbonyl (C=O) groups is 1. The summed E-state index contributed by atoms with van der Waals surface area (Å²) in [5, 5.41) is 3.96. The normalized spacial score (nSPS) is 24.9. The maximum absolute atomic E-state index is 12.8. The minimum Gasteiger partial charge on any atom is -0.467 e. The number of nitrogens with one attached hydrogen (secondary N) is 1. The molecule has 4 nitrogen and oxygen atoms in total. The number of ether oxygens (including phenoxy) is 1. The van der Waals surface area contributed by atoms with E-state index in [9.17, 15) is 4.79 Å². The lowest BCUT2D eigenvalue weighted by Gasteiger charge is -2.50. The lowest BCUT2D eigenvalue weighted by atomic mass is 9.90. The van der Waals surface area contributed by atoms with Gasteiger partial charge in [-0.25, -0.2) is 4.79 Å². The molecule has 0 radical (unpaired) electrons. The van der Waals surface area contributed by atoms with Gasteiger partial charge < -0.3 is 10.1 Å². The monoisotopic (exact) mass is 426 g/mol. The van der Waals surface area contributed by atoms with Gasteiger partial charge in [-0.15, -0.1) is 0 Å². The fourth-order valence-electron chi connectivity index (χ4n) is 3.37. The molecule has 2 aromatic carbocycles. The number of carbonyl (C=O) groups excluding carboxylic acids is 1. The van der Waals surface area contributed by atoms with Crippen LogP contribution in [-0.2, 0) is 0 Å². The number of benzene rings is 2. The highest BCUT2D eigenvalue weighted by atomic mass is 79.9. The molecule has 124 valence electrons. The molecule has 1 N–H and O–H groups in total. The Hall–Kier alpha value is -1.43. The van der Waals surface area contributed by atoms with Crippen molar-refractivity contribution in [3.63, 3.8) is 0 Å². The van der Waals surface area contributed by atoms with E-state index < -0.39 is 5.72 Å². The van der Waals surface area contributed by atoms with Gasteiger partial charge in [-0.2, -0.15) is 0 Å². The molecule has 4 rings (SSSR count). The van der Waals surface area contributed by atoms with E-state index in [1.54, 1.807) is 23.1 Å². The van der Waals surface area contributed by atoms with E-state index in [0.29, 0.717) is 22.2 Å². The van der Waals surface area contributed by atoms with Crippen molar-refractivity contribution < 1.29 is 9.53 Å². The molecular formula is C17H13BrCl2N2O2. The minimum atomic E-state index is -0.828. The second-order valence-corrected chi connectivity index (χ2v) is 7.86. The van der Waals surface area contributed by atoms with Crippen LogP contribution in [0.1, 0.15) is 24.9 Å². The smallest absolute Gasteiger partial charge is 0.325 e. The first-order valence-corrected chi connectivity index (χ1v) is 8.96. The Balaban J connectivity index is 1.82. The highest BCUT2D eigenvalue weighted by Gasteiger charge is 2.50. The summed E-state index contributed by atoms with van der Waals surface area (Å²) < 4.78 is 7.17. The number of hydrogen-bond donors (Lipinski definition) is 1. The summed E-state index contributed by atoms with van der Waals surface area (Å²) in [6, 6.07) is 10.5. The zero-order valence-electron chi connectivity index (χ0n) is 12.6. The van der Waals surface area contributed by atoms with Crippen LogP contribution >= 0.6 is 39.1 Å². The maximum Gasteiger partial charge on any atom is 0.325 e. The molecule has 2 aliphatic heterocycles. The summed E-state index contributed by atoms with van der Waals surface area (Å²) in [5.41, 5.74) is 0.711. The van der Waals surface area contributed by atoms with Crippen LogP contribution in [0.5, 0.6) is 5.75 Å². The highest BCUT2D eigenvalue weighted by molar-refractivity contribution is 9.10. The lowest BCUT2D eigenvalue weighted by Crippen LogP contribution is -2.65. The molecular weight excluding hydrogens is 415 g/mol. The highest BCUT2D eigenvalue weighted by Crippen LogP contribution is 2.47. The molecule has 2 aliphatic rings. The molecule has 0 aromatic heterocycles. The quantitative estimate of drug-likeness (QED) is 0.650. The third-order valence-corrected chi connectivity index (χ3v) is 5.42. The summed E-state index contributed by atoms with van der Waals surface area (Å²) in [5.74, 6) is 0.757. The third kappa shape index (κ3) is 2.46. The second-order valence-electron chi connectivity index (χ2n) is 6.10. The molecule has 24 heavy (non-hydrogen) atoms. The van der Waals surface area contributed by atoms with E-state index in [2.05, 4.69) is 21.2 Å². The zero-order valence-corrected chi connectivity index (χ0v) is 15.7. The van der Waals surface area contributed by atoms with Crippen molar-refractivity contribution >= 4 is 50.9 Å². The summed E-state index contributed by atoms with van der Waals surface area (Å²) in [7, 11) is 0. The predicted molar refractivity (Wildman–Crippen MR) is 98.0 cm³/mol. The number of urea groups is 1. The Morgan fingerprint density at radius 3 is 2.83 bits per heavy atom. The van der Waals surface area contributed by atoms with Gasteiger partial charge in [0.05, 0.1) is 16.8 Å². The van der Waals surface area contributed by atoms with E-state index in [4.69, 9.17) is 27.9 Å². The number of halogens is 3. The number of hydrogen-bond acceptors (Lipinski definition) is 2. The van der Waals surface area contributed by atoms with Gasteiger partial charge in [0.1, 0.15) is 5.75 Å². The average Bonchev–Trinajstić information content (AvgIpc) is 2.50. The van der Waals surface area contributed by atoms with Crippen LogP contribution in [0, 0.1) is 0 Å². The molecule has 0 saturated carbocycles. The van der Waals surface area contributed by atoms with E-state index in [0.717, 1.165) is 15.8 Å². The number of fused-ring (bicyclic) bond motifs is 4. The van der Waals surface area contributed by atoms with E-state index in [1.165, 1.54) is 0 Å². The Morgan fingerprint density at radius 2 is 2.08 bits per heavy atom. The van der Waals surface area contributed by atoms with Gasteiger partial charge in [0.25, 0.3) is 0 Å². The second kappa shape index (κ2) is 5.55. The van der Waals surface area contributed by atoms with Gasteiger partial charge in [0, 0.05) is 21.5 Å². The van der Waals surface area contributed by atoms with Crippen LogP contribution in [0.15, 0.2) is 40.9 Å². The van der Waals surface area contributed by atoms with Gasteiger partial charge in [-0.05, 0) is 43.3 Å². The Morgan fingerprint density at radius 1 is 1.29 bits per heavy atom. The third-order valence-electron chi connectivity index (χ3n) is 4.38. The van der Waals surface area contributed by atoms with E-state index in [-0.39, 0.29) is 12.1 Å². The first-order chi connectivity index (χ1) is 11.4. The van der Waals surface area contributed by atoms with Crippen molar-refractivity contribution in [2.75, 3.05) is 4.90 Å². The summed E-state index contributed by atoms with van der Waals surface area (Å²) in [6.07, 6.45) is 0.612. The van der Waals surface area contributed by atoms with Crippen LogP contribution in [0.2, 0.25) is 10.0 Å². The SMILES string of the molecule is CC12CC(NC(=O)N1c1ccc(Cl)cc1Cl)c1cc(Br)ccc1O2. The molecule has 2 heterocycles. The standard InChI is InChI=1S/C17H13BrCl2N2O2/c1-17-8-13(11-6-9(18)2-5-15(11)24-17)21-16(23)22(17)14-4-3-10(19)7-12(14)20/h2-7,13H,8H2,1H3,(H,21,23). The van der Waals surface area contributed by atoms with Crippen LogP contribution in [0.25, 0.3) is 0 Å². The number of nitrogens with zero attached hydrogens (tertiary/aromatic N) is 1. The minimum absolute atomic E-state index is 0.105. The Bertz CT molecular complexity index is 860. The molecule has 2 unspecified atom stereocenters. The van der Waals surface area contributed by atoms with Crippen molar-refractivity contribution in [2.45, 2.75) is 25.1 Å². The van der Waals surface area contributed by atoms with Crippen molar-refractivity contribution in [1.29, 1.82) is 0 Å². The number of amides is 2.